The Hall–Kier alpha value is -2.61. The number of carbonyl (C=O) groups is 1. The van der Waals surface area contributed by atoms with Crippen molar-refractivity contribution in [2.24, 2.45) is 5.73 Å². The number of aromatic hydroxyl groups is 2. The van der Waals surface area contributed by atoms with E-state index in [9.17, 15) is 15.0 Å². The van der Waals surface area contributed by atoms with Gasteiger partial charge in [0.15, 0.2) is 0 Å². The zero-order valence-electron chi connectivity index (χ0n) is 14.8. The highest BCUT2D eigenvalue weighted by Crippen LogP contribution is 2.27. The van der Waals surface area contributed by atoms with E-state index < -0.39 is 11.8 Å². The molecule has 2 aliphatic rings. The van der Waals surface area contributed by atoms with Crippen LogP contribution in [-0.2, 0) is 19.0 Å². The first-order valence-electron chi connectivity index (χ1n) is 8.71. The third-order valence-electron chi connectivity index (χ3n) is 4.15. The summed E-state index contributed by atoms with van der Waals surface area (Å²) >= 11 is 0. The van der Waals surface area contributed by atoms with E-state index in [-0.39, 0.29) is 11.5 Å². The molecule has 2 unspecified atom stereocenters. The maximum Gasteiger partial charge on any atom is 0.229 e. The average Bonchev–Trinajstić information content (AvgIpc) is 3.54. The minimum atomic E-state index is -0.591. The number of phenolic OH excluding ortho intramolecular Hbond substituents is 2. The van der Waals surface area contributed by atoms with Crippen LogP contribution in [0.25, 0.3) is 0 Å². The molecular weight excluding hydrogens is 350 g/mol. The molecule has 0 radical (unpaired) electrons. The van der Waals surface area contributed by atoms with Gasteiger partial charge in [0, 0.05) is 0 Å². The van der Waals surface area contributed by atoms with Gasteiger partial charge in [-0.15, -0.1) is 0 Å². The Bertz CT molecular complexity index is 681. The fourth-order valence-corrected chi connectivity index (χ4v) is 2.51. The Labute approximate surface area is 157 Å². The molecule has 0 bridgehead atoms. The van der Waals surface area contributed by atoms with Crippen molar-refractivity contribution in [2.45, 2.75) is 18.1 Å². The van der Waals surface area contributed by atoms with Gasteiger partial charge in [-0.2, -0.15) is 0 Å². The Morgan fingerprint density at radius 1 is 0.926 bits per heavy atom. The molecule has 27 heavy (non-hydrogen) atoms. The molecule has 7 heteroatoms. The highest BCUT2D eigenvalue weighted by Gasteiger charge is 2.26. The van der Waals surface area contributed by atoms with Gasteiger partial charge in [-0.1, -0.05) is 24.3 Å². The largest absolute Gasteiger partial charge is 0.508 e. The quantitative estimate of drug-likeness (QED) is 0.633. The molecule has 0 aliphatic carbocycles. The summed E-state index contributed by atoms with van der Waals surface area (Å²) in [4.78, 5) is 11.6. The van der Waals surface area contributed by atoms with Gasteiger partial charge in [0.25, 0.3) is 0 Å². The lowest BCUT2D eigenvalue weighted by Crippen LogP contribution is -2.22. The lowest BCUT2D eigenvalue weighted by molar-refractivity contribution is -0.118. The maximum absolute atomic E-state index is 11.6. The van der Waals surface area contributed by atoms with Gasteiger partial charge in [-0.3, -0.25) is 4.79 Å². The fourth-order valence-electron chi connectivity index (χ4n) is 2.51. The van der Waals surface area contributed by atoms with Gasteiger partial charge in [-0.25, -0.2) is 0 Å². The minimum absolute atomic E-state index is 0.132. The summed E-state index contributed by atoms with van der Waals surface area (Å²) in [5.41, 5.74) is 6.81. The van der Waals surface area contributed by atoms with Crippen LogP contribution in [0.1, 0.15) is 17.0 Å². The van der Waals surface area contributed by atoms with Gasteiger partial charge in [-0.05, 0) is 35.4 Å². The number of primary amides is 1. The van der Waals surface area contributed by atoms with Crippen molar-refractivity contribution in [1.82, 2.24) is 0 Å². The maximum atomic E-state index is 11.6. The van der Waals surface area contributed by atoms with E-state index in [1.807, 2.05) is 0 Å². The summed E-state index contributed by atoms with van der Waals surface area (Å²) in [7, 11) is 0. The normalized spacial score (nSPS) is 19.9. The van der Waals surface area contributed by atoms with Crippen LogP contribution in [0.4, 0.5) is 0 Å². The van der Waals surface area contributed by atoms with Crippen LogP contribution in [-0.4, -0.2) is 54.8 Å². The minimum Gasteiger partial charge on any atom is -0.508 e. The van der Waals surface area contributed by atoms with Crippen molar-refractivity contribution < 1.29 is 29.2 Å². The van der Waals surface area contributed by atoms with Gasteiger partial charge in [0.2, 0.25) is 5.91 Å². The SMILES string of the molecule is C(OCC1CO1)C1CO1.NC(=O)C(c1ccc(O)cc1)c1ccc(O)cc1. The standard InChI is InChI=1S/C14H13NO3.C6H10O3/c15-14(18)13(9-1-5-11(16)6-2-9)10-3-7-12(17)8-4-10;1(5-3-8-5)7-2-6-4-9-6/h1-8,13,16-17H,(H2,15,18);5-6H,1-4H2. The number of rotatable bonds is 7. The molecule has 0 aromatic heterocycles. The van der Waals surface area contributed by atoms with E-state index in [4.69, 9.17) is 19.9 Å². The summed E-state index contributed by atoms with van der Waals surface area (Å²) in [5, 5.41) is 18.5. The number of ether oxygens (including phenoxy) is 3. The summed E-state index contributed by atoms with van der Waals surface area (Å²) < 4.78 is 15.1. The molecule has 0 spiro atoms. The molecule has 0 saturated carbocycles. The van der Waals surface area contributed by atoms with Crippen LogP contribution >= 0.6 is 0 Å². The van der Waals surface area contributed by atoms with E-state index in [0.717, 1.165) is 26.4 Å². The van der Waals surface area contributed by atoms with Crippen LogP contribution in [0.2, 0.25) is 0 Å². The summed E-state index contributed by atoms with van der Waals surface area (Å²) in [5.74, 6) is -0.807. The first kappa shape index (κ1) is 19.2. The molecule has 1 amide bonds. The van der Waals surface area contributed by atoms with E-state index >= 15 is 0 Å². The molecule has 2 aliphatic heterocycles. The number of benzene rings is 2. The monoisotopic (exact) mass is 373 g/mol. The third-order valence-corrected chi connectivity index (χ3v) is 4.15. The summed E-state index contributed by atoms with van der Waals surface area (Å²) in [6, 6.07) is 12.6. The van der Waals surface area contributed by atoms with Crippen LogP contribution in [0.3, 0.4) is 0 Å². The van der Waals surface area contributed by atoms with Gasteiger partial charge >= 0.3 is 0 Å². The second kappa shape index (κ2) is 8.85. The van der Waals surface area contributed by atoms with E-state index in [0.29, 0.717) is 23.3 Å². The predicted octanol–water partition coefficient (Wildman–Crippen LogP) is 1.52. The van der Waals surface area contributed by atoms with Crippen LogP contribution in [0.15, 0.2) is 48.5 Å². The number of nitrogens with two attached hydrogens (primary N) is 1. The molecule has 2 fully saturated rings. The van der Waals surface area contributed by atoms with Crippen molar-refractivity contribution in [1.29, 1.82) is 0 Å². The third kappa shape index (κ3) is 6.25. The van der Waals surface area contributed by atoms with Crippen molar-refractivity contribution >= 4 is 5.91 Å². The molecule has 4 rings (SSSR count). The Morgan fingerprint density at radius 3 is 1.59 bits per heavy atom. The highest BCUT2D eigenvalue weighted by molar-refractivity contribution is 5.85. The molecule has 7 nitrogen and oxygen atoms in total. The summed E-state index contributed by atoms with van der Waals surface area (Å²) in [6.45, 7) is 3.26. The molecular formula is C20H23NO6. The van der Waals surface area contributed by atoms with E-state index in [1.54, 1.807) is 24.3 Å². The Balaban J connectivity index is 0.000000193. The summed E-state index contributed by atoms with van der Waals surface area (Å²) in [6.07, 6.45) is 0.785. The van der Waals surface area contributed by atoms with E-state index in [2.05, 4.69) is 0 Å². The molecule has 4 N–H and O–H groups in total. The first-order valence-corrected chi connectivity index (χ1v) is 8.71. The highest BCUT2D eigenvalue weighted by atomic mass is 16.6. The molecule has 2 aromatic rings. The number of amides is 1. The molecule has 2 saturated heterocycles. The number of hydrogen-bond donors (Lipinski definition) is 3. The van der Waals surface area contributed by atoms with Crippen LogP contribution < -0.4 is 5.73 Å². The zero-order chi connectivity index (χ0) is 19.2. The van der Waals surface area contributed by atoms with Gasteiger partial charge in [0.05, 0.1) is 32.3 Å². The van der Waals surface area contributed by atoms with Crippen molar-refractivity contribution in [3.8, 4) is 11.5 Å². The van der Waals surface area contributed by atoms with Crippen LogP contribution in [0, 0.1) is 0 Å². The molecule has 144 valence electrons. The average molecular weight is 373 g/mol. The van der Waals surface area contributed by atoms with Crippen molar-refractivity contribution in [3.05, 3.63) is 59.7 Å². The second-order valence-corrected chi connectivity index (χ2v) is 6.47. The fraction of sp³-hybridized carbons (Fsp3) is 0.350. The van der Waals surface area contributed by atoms with E-state index in [1.165, 1.54) is 24.3 Å². The topological polar surface area (TPSA) is 118 Å². The smallest absolute Gasteiger partial charge is 0.229 e. The number of carbonyl (C=O) groups excluding carboxylic acids is 1. The zero-order valence-corrected chi connectivity index (χ0v) is 14.8. The Kier molecular flexibility index (Phi) is 6.28. The molecule has 2 heterocycles. The number of epoxide rings is 2. The Morgan fingerprint density at radius 2 is 1.30 bits per heavy atom. The van der Waals surface area contributed by atoms with Gasteiger partial charge < -0.3 is 30.2 Å². The van der Waals surface area contributed by atoms with Crippen LogP contribution in [0.5, 0.6) is 11.5 Å². The van der Waals surface area contributed by atoms with Crippen molar-refractivity contribution in [2.75, 3.05) is 26.4 Å². The first-order chi connectivity index (χ1) is 13.0. The molecule has 2 aromatic carbocycles. The van der Waals surface area contributed by atoms with Gasteiger partial charge in [0.1, 0.15) is 23.7 Å². The molecule has 2 atom stereocenters. The van der Waals surface area contributed by atoms with Crippen molar-refractivity contribution in [3.63, 3.8) is 0 Å². The predicted molar refractivity (Wildman–Crippen MR) is 97.6 cm³/mol. The lowest BCUT2D eigenvalue weighted by atomic mass is 9.90. The second-order valence-electron chi connectivity index (χ2n) is 6.47. The number of phenols is 2. The number of hydrogen-bond acceptors (Lipinski definition) is 6. The lowest BCUT2D eigenvalue weighted by Gasteiger charge is -2.14.